The monoisotopic (exact) mass is 249 g/mol. The van der Waals surface area contributed by atoms with Crippen LogP contribution in [0.1, 0.15) is 58.1 Å². The van der Waals surface area contributed by atoms with Crippen molar-refractivity contribution in [1.29, 1.82) is 0 Å². The van der Waals surface area contributed by atoms with Crippen LogP contribution in [0.4, 0.5) is 5.82 Å². The molecule has 1 aromatic heterocycles. The number of unbranched alkanes of at least 4 members (excludes halogenated alkanes) is 4. The Kier molecular flexibility index (Phi) is 7.38. The molecule has 18 heavy (non-hydrogen) atoms. The minimum absolute atomic E-state index is 1.05. The maximum Gasteiger partial charge on any atom is 0.150 e. The van der Waals surface area contributed by atoms with Crippen LogP contribution in [0.2, 0.25) is 0 Å². The first-order valence-electron chi connectivity index (χ1n) is 7.32. The lowest BCUT2D eigenvalue weighted by Gasteiger charge is -2.24. The van der Waals surface area contributed by atoms with E-state index in [2.05, 4.69) is 35.6 Å². The molecule has 0 radical (unpaired) electrons. The van der Waals surface area contributed by atoms with Crippen molar-refractivity contribution < 1.29 is 0 Å². The number of nitrogens with zero attached hydrogens (tertiary/aromatic N) is 3. The molecule has 0 aromatic carbocycles. The number of aryl methyl sites for hydroxylation is 1. The van der Waals surface area contributed by atoms with E-state index in [1.807, 2.05) is 0 Å². The molecule has 0 fully saturated rings. The van der Waals surface area contributed by atoms with Crippen molar-refractivity contribution in [2.75, 3.05) is 18.0 Å². The van der Waals surface area contributed by atoms with Crippen molar-refractivity contribution >= 4 is 5.82 Å². The first kappa shape index (κ1) is 14.9. The van der Waals surface area contributed by atoms with Gasteiger partial charge in [-0.1, -0.05) is 39.5 Å². The van der Waals surface area contributed by atoms with Crippen LogP contribution in [0.25, 0.3) is 0 Å². The van der Waals surface area contributed by atoms with Crippen molar-refractivity contribution in [3.8, 4) is 0 Å². The summed E-state index contributed by atoms with van der Waals surface area (Å²) in [5.74, 6) is 1.07. The molecule has 0 spiro atoms. The van der Waals surface area contributed by atoms with E-state index in [0.29, 0.717) is 0 Å². The van der Waals surface area contributed by atoms with Gasteiger partial charge in [0.1, 0.15) is 5.82 Å². The zero-order chi connectivity index (χ0) is 13.2. The average Bonchev–Trinajstić information content (AvgIpc) is 2.38. The summed E-state index contributed by atoms with van der Waals surface area (Å²) in [4.78, 5) is 11.3. The fourth-order valence-electron chi connectivity index (χ4n) is 2.14. The van der Waals surface area contributed by atoms with Crippen LogP contribution in [0.5, 0.6) is 0 Å². The summed E-state index contributed by atoms with van der Waals surface area (Å²) in [7, 11) is 0. The van der Waals surface area contributed by atoms with E-state index < -0.39 is 0 Å². The van der Waals surface area contributed by atoms with E-state index >= 15 is 0 Å². The fourth-order valence-corrected chi connectivity index (χ4v) is 2.14. The Morgan fingerprint density at radius 2 is 1.44 bits per heavy atom. The van der Waals surface area contributed by atoms with Crippen LogP contribution in [-0.2, 0) is 0 Å². The predicted molar refractivity (Wildman–Crippen MR) is 78.0 cm³/mol. The van der Waals surface area contributed by atoms with Crippen LogP contribution < -0.4 is 4.90 Å². The quantitative estimate of drug-likeness (QED) is 0.620. The summed E-state index contributed by atoms with van der Waals surface area (Å²) >= 11 is 0. The zero-order valence-electron chi connectivity index (χ0n) is 12.2. The third-order valence-corrected chi connectivity index (χ3v) is 3.22. The van der Waals surface area contributed by atoms with Gasteiger partial charge in [-0.15, -0.1) is 0 Å². The molecular weight excluding hydrogens is 222 g/mol. The SMILES string of the molecule is CCCCCN(CCCCC)c1nccnc1C. The van der Waals surface area contributed by atoms with Gasteiger partial charge in [0.2, 0.25) is 0 Å². The highest BCUT2D eigenvalue weighted by atomic mass is 15.2. The maximum atomic E-state index is 4.50. The summed E-state index contributed by atoms with van der Waals surface area (Å²) in [5.41, 5.74) is 1.05. The standard InChI is InChI=1S/C15H27N3/c1-4-6-8-12-18(13-9-7-5-2)15-14(3)16-10-11-17-15/h10-11H,4-9,12-13H2,1-3H3. The average molecular weight is 249 g/mol. The highest BCUT2D eigenvalue weighted by Crippen LogP contribution is 2.16. The van der Waals surface area contributed by atoms with E-state index in [0.717, 1.165) is 24.6 Å². The zero-order valence-corrected chi connectivity index (χ0v) is 12.2. The Balaban J connectivity index is 2.60. The molecule has 0 unspecified atom stereocenters. The van der Waals surface area contributed by atoms with Gasteiger partial charge in [-0.2, -0.15) is 0 Å². The van der Waals surface area contributed by atoms with Gasteiger partial charge >= 0.3 is 0 Å². The molecule has 3 heteroatoms. The third kappa shape index (κ3) is 5.03. The van der Waals surface area contributed by atoms with Crippen molar-refractivity contribution in [2.45, 2.75) is 59.3 Å². The van der Waals surface area contributed by atoms with Crippen molar-refractivity contribution in [3.05, 3.63) is 18.1 Å². The molecule has 0 aliphatic carbocycles. The molecule has 1 aromatic rings. The Hall–Kier alpha value is -1.12. The first-order chi connectivity index (χ1) is 8.79. The normalized spacial score (nSPS) is 10.6. The minimum Gasteiger partial charge on any atom is -0.355 e. The number of anilines is 1. The van der Waals surface area contributed by atoms with E-state index in [1.54, 1.807) is 12.4 Å². The number of rotatable bonds is 9. The van der Waals surface area contributed by atoms with Crippen LogP contribution in [0, 0.1) is 6.92 Å². The number of hydrogen-bond donors (Lipinski definition) is 0. The summed E-state index contributed by atoms with van der Waals surface area (Å²) in [6, 6.07) is 0. The number of aromatic nitrogens is 2. The molecule has 0 aliphatic heterocycles. The Bertz CT molecular complexity index is 315. The van der Waals surface area contributed by atoms with E-state index in [9.17, 15) is 0 Å². The van der Waals surface area contributed by atoms with Crippen molar-refractivity contribution in [1.82, 2.24) is 9.97 Å². The molecule has 0 N–H and O–H groups in total. The molecule has 0 saturated carbocycles. The lowest BCUT2D eigenvalue weighted by molar-refractivity contribution is 0.629. The van der Waals surface area contributed by atoms with Crippen LogP contribution in [0.15, 0.2) is 12.4 Å². The Morgan fingerprint density at radius 3 is 1.94 bits per heavy atom. The predicted octanol–water partition coefficient (Wildman–Crippen LogP) is 3.97. The fraction of sp³-hybridized carbons (Fsp3) is 0.733. The second-order valence-corrected chi connectivity index (χ2v) is 4.87. The molecule has 1 rings (SSSR count). The third-order valence-electron chi connectivity index (χ3n) is 3.22. The van der Waals surface area contributed by atoms with Crippen LogP contribution >= 0.6 is 0 Å². The van der Waals surface area contributed by atoms with E-state index in [-0.39, 0.29) is 0 Å². The second-order valence-electron chi connectivity index (χ2n) is 4.87. The highest BCUT2D eigenvalue weighted by Gasteiger charge is 2.10. The highest BCUT2D eigenvalue weighted by molar-refractivity contribution is 5.41. The molecule has 0 aliphatic rings. The number of hydrogen-bond acceptors (Lipinski definition) is 3. The van der Waals surface area contributed by atoms with Gasteiger partial charge in [0.15, 0.2) is 0 Å². The lowest BCUT2D eigenvalue weighted by atomic mass is 10.2. The summed E-state index contributed by atoms with van der Waals surface area (Å²) in [6.07, 6.45) is 11.2. The Labute approximate surface area is 112 Å². The van der Waals surface area contributed by atoms with Crippen LogP contribution in [-0.4, -0.2) is 23.1 Å². The van der Waals surface area contributed by atoms with Gasteiger partial charge in [0, 0.05) is 25.5 Å². The summed E-state index contributed by atoms with van der Waals surface area (Å²) < 4.78 is 0. The molecule has 1 heterocycles. The summed E-state index contributed by atoms with van der Waals surface area (Å²) in [5, 5.41) is 0. The van der Waals surface area contributed by atoms with Gasteiger partial charge in [0.25, 0.3) is 0 Å². The first-order valence-corrected chi connectivity index (χ1v) is 7.32. The largest absolute Gasteiger partial charge is 0.355 e. The molecular formula is C15H27N3. The van der Waals surface area contributed by atoms with Gasteiger partial charge in [0.05, 0.1) is 5.69 Å². The Morgan fingerprint density at radius 1 is 0.889 bits per heavy atom. The molecule has 0 saturated heterocycles. The van der Waals surface area contributed by atoms with Crippen LogP contribution in [0.3, 0.4) is 0 Å². The van der Waals surface area contributed by atoms with Crippen molar-refractivity contribution in [2.24, 2.45) is 0 Å². The van der Waals surface area contributed by atoms with E-state index in [1.165, 1.54) is 38.5 Å². The van der Waals surface area contributed by atoms with Gasteiger partial charge in [-0.3, -0.25) is 4.98 Å². The second kappa shape index (κ2) is 8.90. The molecule has 102 valence electrons. The smallest absolute Gasteiger partial charge is 0.150 e. The molecule has 0 atom stereocenters. The van der Waals surface area contributed by atoms with Gasteiger partial charge < -0.3 is 4.90 Å². The summed E-state index contributed by atoms with van der Waals surface area (Å²) in [6.45, 7) is 8.76. The van der Waals surface area contributed by atoms with Gasteiger partial charge in [-0.25, -0.2) is 4.98 Å². The minimum atomic E-state index is 1.05. The van der Waals surface area contributed by atoms with Crippen molar-refractivity contribution in [3.63, 3.8) is 0 Å². The molecule has 3 nitrogen and oxygen atoms in total. The maximum absolute atomic E-state index is 4.50. The lowest BCUT2D eigenvalue weighted by Crippen LogP contribution is -2.27. The van der Waals surface area contributed by atoms with Gasteiger partial charge in [-0.05, 0) is 19.8 Å². The topological polar surface area (TPSA) is 29.0 Å². The molecule has 0 bridgehead atoms. The van der Waals surface area contributed by atoms with E-state index in [4.69, 9.17) is 0 Å². The molecule has 0 amide bonds.